The molecular formula is C15H24N4O2. The standard InChI is InChI=1S/C15H24N4O2/c1-11-7-12-9-15(8-11,10-18-16-5-6-17-18)19(12)13(20)21-14(2,3)4/h5-6,11-12H,7-10H2,1-4H3. The second kappa shape index (κ2) is 4.71. The summed E-state index contributed by atoms with van der Waals surface area (Å²) in [6, 6.07) is 0.305. The Labute approximate surface area is 125 Å². The molecule has 1 aromatic heterocycles. The van der Waals surface area contributed by atoms with E-state index in [9.17, 15) is 4.79 Å². The van der Waals surface area contributed by atoms with Gasteiger partial charge in [-0.05, 0) is 46.0 Å². The maximum Gasteiger partial charge on any atom is 0.411 e. The summed E-state index contributed by atoms with van der Waals surface area (Å²) in [5, 5.41) is 8.40. The molecule has 1 aliphatic carbocycles. The smallest absolute Gasteiger partial charge is 0.411 e. The summed E-state index contributed by atoms with van der Waals surface area (Å²) in [6.07, 6.45) is 6.24. The summed E-state index contributed by atoms with van der Waals surface area (Å²) in [5.74, 6) is 0.623. The van der Waals surface area contributed by atoms with Crippen LogP contribution in [0.4, 0.5) is 4.79 Å². The number of fused-ring (bicyclic) bond motifs is 2. The molecule has 1 saturated carbocycles. The Morgan fingerprint density at radius 3 is 2.62 bits per heavy atom. The lowest BCUT2D eigenvalue weighted by Gasteiger charge is -2.62. The van der Waals surface area contributed by atoms with Crippen molar-refractivity contribution in [2.24, 2.45) is 5.92 Å². The lowest BCUT2D eigenvalue weighted by atomic mass is 9.64. The number of aromatic nitrogens is 3. The fourth-order valence-electron chi connectivity index (χ4n) is 3.92. The molecule has 1 amide bonds. The third kappa shape index (κ3) is 2.63. The molecule has 2 aliphatic heterocycles. The molecule has 2 saturated heterocycles. The van der Waals surface area contributed by atoms with Gasteiger partial charge in [0, 0.05) is 6.04 Å². The van der Waals surface area contributed by atoms with E-state index in [-0.39, 0.29) is 11.6 Å². The van der Waals surface area contributed by atoms with E-state index < -0.39 is 5.60 Å². The first-order valence-corrected chi connectivity index (χ1v) is 7.65. The van der Waals surface area contributed by atoms with E-state index in [4.69, 9.17) is 4.74 Å². The number of amides is 1. The van der Waals surface area contributed by atoms with Crippen LogP contribution in [0.1, 0.15) is 47.0 Å². The average molecular weight is 292 g/mol. The lowest BCUT2D eigenvalue weighted by Crippen LogP contribution is -2.73. The Morgan fingerprint density at radius 2 is 2.00 bits per heavy atom. The predicted molar refractivity (Wildman–Crippen MR) is 77.6 cm³/mol. The Bertz CT molecular complexity index is 522. The van der Waals surface area contributed by atoms with E-state index in [1.54, 1.807) is 17.2 Å². The minimum Gasteiger partial charge on any atom is -0.444 e. The van der Waals surface area contributed by atoms with Gasteiger partial charge >= 0.3 is 6.09 Å². The monoisotopic (exact) mass is 292 g/mol. The number of piperidine rings is 1. The van der Waals surface area contributed by atoms with Gasteiger partial charge in [0.25, 0.3) is 0 Å². The molecule has 0 spiro atoms. The molecular weight excluding hydrogens is 268 g/mol. The van der Waals surface area contributed by atoms with Gasteiger partial charge in [0.1, 0.15) is 5.60 Å². The first kappa shape index (κ1) is 14.4. The fourth-order valence-corrected chi connectivity index (χ4v) is 3.92. The number of carbonyl (C=O) groups is 1. The van der Waals surface area contributed by atoms with Gasteiger partial charge in [0.15, 0.2) is 0 Å². The van der Waals surface area contributed by atoms with Gasteiger partial charge in [0.05, 0.1) is 24.5 Å². The molecule has 0 N–H and O–H groups in total. The molecule has 4 rings (SSSR count). The number of nitrogens with zero attached hydrogens (tertiary/aromatic N) is 4. The maximum absolute atomic E-state index is 12.5. The average Bonchev–Trinajstić information content (AvgIpc) is 2.77. The summed E-state index contributed by atoms with van der Waals surface area (Å²) < 4.78 is 5.59. The zero-order valence-corrected chi connectivity index (χ0v) is 13.2. The topological polar surface area (TPSA) is 60.2 Å². The van der Waals surface area contributed by atoms with E-state index in [1.165, 1.54) is 0 Å². The lowest BCUT2D eigenvalue weighted by molar-refractivity contribution is -0.132. The van der Waals surface area contributed by atoms with Crippen molar-refractivity contribution in [2.45, 2.75) is 70.7 Å². The van der Waals surface area contributed by atoms with Crippen molar-refractivity contribution < 1.29 is 9.53 Å². The van der Waals surface area contributed by atoms with Crippen LogP contribution in [0.2, 0.25) is 0 Å². The van der Waals surface area contributed by atoms with Gasteiger partial charge < -0.3 is 4.74 Å². The fraction of sp³-hybridized carbons (Fsp3) is 0.800. The van der Waals surface area contributed by atoms with Crippen LogP contribution >= 0.6 is 0 Å². The van der Waals surface area contributed by atoms with Crippen LogP contribution in [0.25, 0.3) is 0 Å². The Hall–Kier alpha value is -1.59. The number of hydrogen-bond donors (Lipinski definition) is 0. The molecule has 1 aromatic rings. The molecule has 2 bridgehead atoms. The number of carbonyl (C=O) groups excluding carboxylic acids is 1. The predicted octanol–water partition coefficient (Wildman–Crippen LogP) is 2.46. The zero-order chi connectivity index (χ0) is 15.3. The summed E-state index contributed by atoms with van der Waals surface area (Å²) >= 11 is 0. The normalized spacial score (nSPS) is 31.7. The van der Waals surface area contributed by atoms with Crippen molar-refractivity contribution in [3.63, 3.8) is 0 Å². The second-order valence-electron chi connectivity index (χ2n) is 7.54. The van der Waals surface area contributed by atoms with Gasteiger partial charge in [-0.1, -0.05) is 6.92 Å². The number of ether oxygens (including phenoxy) is 1. The van der Waals surface area contributed by atoms with Crippen molar-refractivity contribution in [3.8, 4) is 0 Å². The van der Waals surface area contributed by atoms with E-state index in [0.717, 1.165) is 19.3 Å². The van der Waals surface area contributed by atoms with Crippen molar-refractivity contribution in [1.82, 2.24) is 19.9 Å². The molecule has 3 heterocycles. The molecule has 6 heteroatoms. The molecule has 3 aliphatic rings. The molecule has 3 unspecified atom stereocenters. The minimum atomic E-state index is -0.461. The maximum atomic E-state index is 12.5. The molecule has 3 fully saturated rings. The van der Waals surface area contributed by atoms with Crippen LogP contribution in [-0.4, -0.2) is 43.2 Å². The van der Waals surface area contributed by atoms with Crippen LogP contribution in [0.3, 0.4) is 0 Å². The minimum absolute atomic E-state index is 0.177. The van der Waals surface area contributed by atoms with Gasteiger partial charge in [-0.2, -0.15) is 15.0 Å². The van der Waals surface area contributed by atoms with E-state index in [0.29, 0.717) is 18.5 Å². The SMILES string of the molecule is CC1CC2CC(Cn3nccn3)(C1)N2C(=O)OC(C)(C)C. The van der Waals surface area contributed by atoms with Gasteiger partial charge in [-0.3, -0.25) is 4.90 Å². The summed E-state index contributed by atoms with van der Waals surface area (Å²) in [7, 11) is 0. The van der Waals surface area contributed by atoms with Crippen LogP contribution in [0, 0.1) is 5.92 Å². The van der Waals surface area contributed by atoms with Crippen LogP contribution in [-0.2, 0) is 11.3 Å². The highest BCUT2D eigenvalue weighted by Crippen LogP contribution is 2.50. The van der Waals surface area contributed by atoms with Crippen molar-refractivity contribution in [3.05, 3.63) is 12.4 Å². The molecule has 3 atom stereocenters. The van der Waals surface area contributed by atoms with E-state index in [2.05, 4.69) is 17.1 Å². The Balaban J connectivity index is 1.80. The van der Waals surface area contributed by atoms with E-state index >= 15 is 0 Å². The number of rotatable bonds is 2. The highest BCUT2D eigenvalue weighted by Gasteiger charge is 2.59. The van der Waals surface area contributed by atoms with Crippen LogP contribution in [0.5, 0.6) is 0 Å². The highest BCUT2D eigenvalue weighted by molar-refractivity contribution is 5.71. The second-order valence-corrected chi connectivity index (χ2v) is 7.54. The molecule has 6 nitrogen and oxygen atoms in total. The van der Waals surface area contributed by atoms with Gasteiger partial charge in [-0.25, -0.2) is 4.79 Å². The first-order chi connectivity index (χ1) is 9.79. The van der Waals surface area contributed by atoms with Crippen LogP contribution in [0.15, 0.2) is 12.4 Å². The summed E-state index contributed by atoms with van der Waals surface area (Å²) in [6.45, 7) is 8.63. The zero-order valence-electron chi connectivity index (χ0n) is 13.2. The molecule has 116 valence electrons. The van der Waals surface area contributed by atoms with Crippen molar-refractivity contribution in [2.75, 3.05) is 0 Å². The van der Waals surface area contributed by atoms with Crippen LogP contribution < -0.4 is 0 Å². The molecule has 21 heavy (non-hydrogen) atoms. The first-order valence-electron chi connectivity index (χ1n) is 7.65. The third-order valence-corrected chi connectivity index (χ3v) is 4.39. The van der Waals surface area contributed by atoms with Crippen molar-refractivity contribution in [1.29, 1.82) is 0 Å². The Kier molecular flexibility index (Phi) is 3.22. The quantitative estimate of drug-likeness (QED) is 0.840. The molecule has 0 aromatic carbocycles. The Morgan fingerprint density at radius 1 is 1.33 bits per heavy atom. The van der Waals surface area contributed by atoms with Gasteiger partial charge in [0.2, 0.25) is 0 Å². The largest absolute Gasteiger partial charge is 0.444 e. The van der Waals surface area contributed by atoms with E-state index in [1.807, 2.05) is 25.7 Å². The van der Waals surface area contributed by atoms with Gasteiger partial charge in [-0.15, -0.1) is 0 Å². The summed E-state index contributed by atoms with van der Waals surface area (Å²) in [4.78, 5) is 16.2. The molecule has 0 radical (unpaired) electrons. The third-order valence-electron chi connectivity index (χ3n) is 4.39. The summed E-state index contributed by atoms with van der Waals surface area (Å²) in [5.41, 5.74) is -0.637. The number of hydrogen-bond acceptors (Lipinski definition) is 4. The highest BCUT2D eigenvalue weighted by atomic mass is 16.6. The van der Waals surface area contributed by atoms with Crippen molar-refractivity contribution >= 4 is 6.09 Å².